The van der Waals surface area contributed by atoms with Crippen molar-refractivity contribution in [2.24, 2.45) is 33.8 Å². The number of guanidine groups is 1. The number of rotatable bonds is 26. The summed E-state index contributed by atoms with van der Waals surface area (Å²) in [4.78, 5) is 117. The molecule has 0 aliphatic rings. The van der Waals surface area contributed by atoms with E-state index >= 15 is 0 Å². The Hall–Kier alpha value is -6.36. The van der Waals surface area contributed by atoms with Crippen LogP contribution in [0.5, 0.6) is 0 Å². The molecule has 0 saturated heterocycles. The molecule has 1 rings (SSSR count). The SMILES string of the molecule is CC[C@H](C)[C@H](N)C(=O)N[C@@H](CO)C(=O)N[C@@H](Cc1ccccc1)C(=O)N[C@@H](CC(=O)O)C(=O)NCC(=O)N[C@@H](CCCN=C(N)N)C(=O)N[C@@H](CC(N)=O)C(=O)O. The number of carbonyl (C=O) groups excluding carboxylic acids is 7. The van der Waals surface area contributed by atoms with Gasteiger partial charge in [0, 0.05) is 13.0 Å². The summed E-state index contributed by atoms with van der Waals surface area (Å²) < 4.78 is 0. The fourth-order valence-corrected chi connectivity index (χ4v) is 4.94. The van der Waals surface area contributed by atoms with E-state index in [2.05, 4.69) is 36.9 Å². The van der Waals surface area contributed by atoms with Gasteiger partial charge >= 0.3 is 11.9 Å². The molecule has 23 heteroatoms. The molecule has 0 fully saturated rings. The molecular weight excluding hydrogens is 754 g/mol. The number of hydrogen-bond donors (Lipinski definition) is 13. The molecule has 0 radical (unpaired) electrons. The summed E-state index contributed by atoms with van der Waals surface area (Å²) in [6.07, 6.45) is -1.43. The average Bonchev–Trinajstić information content (AvgIpc) is 3.15. The van der Waals surface area contributed by atoms with Gasteiger partial charge in [-0.2, -0.15) is 0 Å². The zero-order valence-electron chi connectivity index (χ0n) is 31.6. The number of aliphatic hydroxyl groups is 1. The van der Waals surface area contributed by atoms with E-state index in [1.165, 1.54) is 0 Å². The monoisotopic (exact) mass is 807 g/mol. The third-order valence-electron chi connectivity index (χ3n) is 8.34. The maximum atomic E-state index is 13.6. The molecule has 7 atom stereocenters. The van der Waals surface area contributed by atoms with E-state index in [0.29, 0.717) is 12.0 Å². The van der Waals surface area contributed by atoms with Crippen molar-refractivity contribution in [3.63, 3.8) is 0 Å². The van der Waals surface area contributed by atoms with Gasteiger partial charge in [-0.25, -0.2) is 4.79 Å². The van der Waals surface area contributed by atoms with E-state index in [9.17, 15) is 58.5 Å². The van der Waals surface area contributed by atoms with E-state index in [1.54, 1.807) is 37.3 Å². The maximum Gasteiger partial charge on any atom is 0.326 e. The van der Waals surface area contributed by atoms with Gasteiger partial charge in [0.1, 0.15) is 30.2 Å². The summed E-state index contributed by atoms with van der Waals surface area (Å²) in [5.74, 6) is -10.6. The number of aliphatic carboxylic acids is 2. The van der Waals surface area contributed by atoms with Crippen molar-refractivity contribution in [3.05, 3.63) is 35.9 Å². The van der Waals surface area contributed by atoms with Gasteiger partial charge in [-0.15, -0.1) is 0 Å². The van der Waals surface area contributed by atoms with Gasteiger partial charge in [0.05, 0.1) is 32.0 Å². The quantitative estimate of drug-likeness (QED) is 0.0236. The van der Waals surface area contributed by atoms with Crippen LogP contribution in [0.25, 0.3) is 0 Å². The van der Waals surface area contributed by atoms with Crippen LogP contribution in [0.15, 0.2) is 35.3 Å². The van der Waals surface area contributed by atoms with E-state index in [0.717, 1.165) is 0 Å². The number of carboxylic acids is 2. The molecule has 0 spiro atoms. The summed E-state index contributed by atoms with van der Waals surface area (Å²) in [6.45, 7) is 1.79. The van der Waals surface area contributed by atoms with Gasteiger partial charge in [0.15, 0.2) is 5.96 Å². The first kappa shape index (κ1) is 48.7. The minimum atomic E-state index is -1.82. The predicted octanol–water partition coefficient (Wildman–Crippen LogP) is -5.38. The number of carbonyl (C=O) groups is 9. The van der Waals surface area contributed by atoms with Crippen LogP contribution >= 0.6 is 0 Å². The first-order valence-electron chi connectivity index (χ1n) is 17.8. The molecule has 0 unspecified atom stereocenters. The highest BCUT2D eigenvalue weighted by molar-refractivity contribution is 5.97. The van der Waals surface area contributed by atoms with Crippen LogP contribution in [-0.4, -0.2) is 131 Å². The zero-order chi connectivity index (χ0) is 43.2. The summed E-state index contributed by atoms with van der Waals surface area (Å²) >= 11 is 0. The largest absolute Gasteiger partial charge is 0.481 e. The number of nitrogens with two attached hydrogens (primary N) is 4. The second-order valence-electron chi connectivity index (χ2n) is 12.9. The van der Waals surface area contributed by atoms with E-state index in [-0.39, 0.29) is 37.7 Å². The van der Waals surface area contributed by atoms with Crippen molar-refractivity contribution < 1.29 is 58.5 Å². The molecule has 1 aromatic rings. The van der Waals surface area contributed by atoms with Gasteiger partial charge in [-0.05, 0) is 24.3 Å². The highest BCUT2D eigenvalue weighted by Crippen LogP contribution is 2.08. The minimum absolute atomic E-state index is 0.00630. The van der Waals surface area contributed by atoms with Crippen molar-refractivity contribution >= 4 is 59.2 Å². The molecular formula is C34H53N11O12. The first-order valence-corrected chi connectivity index (χ1v) is 17.8. The van der Waals surface area contributed by atoms with Crippen LogP contribution in [0.1, 0.15) is 51.5 Å². The van der Waals surface area contributed by atoms with E-state index in [4.69, 9.17) is 22.9 Å². The predicted molar refractivity (Wildman–Crippen MR) is 201 cm³/mol. The van der Waals surface area contributed by atoms with E-state index < -0.39 is 116 Å². The summed E-state index contributed by atoms with van der Waals surface area (Å²) in [7, 11) is 0. The van der Waals surface area contributed by atoms with Gasteiger partial charge in [0.25, 0.3) is 0 Å². The lowest BCUT2D eigenvalue weighted by Gasteiger charge is -2.26. The number of aliphatic hydroxyl groups excluding tert-OH is 1. The molecule has 7 amide bonds. The fraction of sp³-hybridized carbons (Fsp3) is 0.529. The normalized spacial score (nSPS) is 14.4. The Balaban J connectivity index is 3.18. The molecule has 0 aromatic heterocycles. The summed E-state index contributed by atoms with van der Waals surface area (Å²) in [5.41, 5.74) is 22.1. The summed E-state index contributed by atoms with van der Waals surface area (Å²) in [6, 6.07) is -0.779. The molecule has 0 saturated carbocycles. The molecule has 23 nitrogen and oxygen atoms in total. The molecule has 1 aromatic carbocycles. The average molecular weight is 808 g/mol. The minimum Gasteiger partial charge on any atom is -0.481 e. The number of nitrogens with one attached hydrogen (secondary N) is 6. The Morgan fingerprint density at radius 2 is 1.28 bits per heavy atom. The van der Waals surface area contributed by atoms with Crippen LogP contribution in [0.4, 0.5) is 0 Å². The number of carboxylic acid groups (broad SMARTS) is 2. The van der Waals surface area contributed by atoms with Crippen molar-refractivity contribution in [2.75, 3.05) is 19.7 Å². The Kier molecular flexibility index (Phi) is 21.3. The number of benzene rings is 1. The standard InChI is InChI=1S/C34H53N11O12/c1-3-17(2)27(36)32(55)45-23(16-46)31(54)42-20(12-18-8-5-4-6-9-18)30(53)43-21(14-26(49)50)28(51)40-15-25(48)41-19(10-7-11-39-34(37)38)29(52)44-22(33(56)57)13-24(35)47/h4-6,8-9,17,19-23,27,46H,3,7,10-16,36H2,1-2H3,(H2,35,47)(H,40,51)(H,41,48)(H,42,54)(H,43,53)(H,44,52)(H,45,55)(H,49,50)(H,56,57)(H4,37,38,39)/t17-,19-,20-,21-,22-,23-,27-/m0/s1. The van der Waals surface area contributed by atoms with Crippen LogP contribution in [0.3, 0.4) is 0 Å². The Morgan fingerprint density at radius 1 is 0.719 bits per heavy atom. The lowest BCUT2D eigenvalue weighted by Crippen LogP contribution is -2.60. The van der Waals surface area contributed by atoms with Crippen molar-refractivity contribution in [2.45, 2.75) is 88.6 Å². The van der Waals surface area contributed by atoms with Crippen LogP contribution < -0.4 is 54.8 Å². The highest BCUT2D eigenvalue weighted by Gasteiger charge is 2.33. The lowest BCUT2D eigenvalue weighted by molar-refractivity contribution is -0.143. The van der Waals surface area contributed by atoms with Gasteiger partial charge in [-0.1, -0.05) is 50.6 Å². The zero-order valence-corrected chi connectivity index (χ0v) is 31.6. The summed E-state index contributed by atoms with van der Waals surface area (Å²) in [5, 5.41) is 42.3. The highest BCUT2D eigenvalue weighted by atomic mass is 16.4. The van der Waals surface area contributed by atoms with Crippen LogP contribution in [0, 0.1) is 5.92 Å². The molecule has 17 N–H and O–H groups in total. The Labute approximate surface area is 327 Å². The van der Waals surface area contributed by atoms with Gasteiger partial charge in [-0.3, -0.25) is 43.3 Å². The van der Waals surface area contributed by atoms with Crippen LogP contribution in [0.2, 0.25) is 0 Å². The van der Waals surface area contributed by atoms with Gasteiger partial charge in [0.2, 0.25) is 41.4 Å². The van der Waals surface area contributed by atoms with Gasteiger partial charge < -0.3 is 70.2 Å². The number of aliphatic imine (C=N–C) groups is 1. The van der Waals surface area contributed by atoms with Crippen molar-refractivity contribution in [1.29, 1.82) is 0 Å². The third-order valence-corrected chi connectivity index (χ3v) is 8.34. The maximum absolute atomic E-state index is 13.6. The Bertz CT molecular complexity index is 1610. The second-order valence-corrected chi connectivity index (χ2v) is 12.9. The van der Waals surface area contributed by atoms with Crippen molar-refractivity contribution in [1.82, 2.24) is 31.9 Å². The third kappa shape index (κ3) is 18.7. The fourth-order valence-electron chi connectivity index (χ4n) is 4.94. The number of primary amides is 1. The van der Waals surface area contributed by atoms with Crippen molar-refractivity contribution in [3.8, 4) is 0 Å². The topological polar surface area (TPSA) is 403 Å². The smallest absolute Gasteiger partial charge is 0.326 e. The number of nitrogens with zero attached hydrogens (tertiary/aromatic N) is 1. The second kappa shape index (κ2) is 24.9. The number of amides is 7. The number of hydrogen-bond acceptors (Lipinski definition) is 12. The molecule has 0 aliphatic carbocycles. The molecule has 0 heterocycles. The molecule has 0 aliphatic heterocycles. The first-order chi connectivity index (χ1) is 26.8. The van der Waals surface area contributed by atoms with Crippen LogP contribution in [-0.2, 0) is 49.6 Å². The Morgan fingerprint density at radius 3 is 1.82 bits per heavy atom. The van der Waals surface area contributed by atoms with E-state index in [1.807, 2.05) is 6.92 Å². The lowest BCUT2D eigenvalue weighted by atomic mass is 9.99. The molecule has 316 valence electrons. The molecule has 0 bridgehead atoms. The molecule has 57 heavy (non-hydrogen) atoms.